The molecule has 0 bridgehead atoms. The van der Waals surface area contributed by atoms with E-state index in [-0.39, 0.29) is 6.17 Å². The largest absolute Gasteiger partial charge is 0.497 e. The van der Waals surface area contributed by atoms with Crippen molar-refractivity contribution in [3.63, 3.8) is 0 Å². The standard InChI is InChI=1S/C21H24ClN7O2/c1-5-6-23-12(2)26-21-24-10-13-7-16(20-28-25-11-29(20)19(13)27-21)15-8-14(30-3)9-17(31-4)18(15)22/h7-12,23H,5-6H2,1-4H3,(H,24,26,27). The van der Waals surface area contributed by atoms with Crippen LogP contribution in [0.5, 0.6) is 11.5 Å². The molecule has 31 heavy (non-hydrogen) atoms. The van der Waals surface area contributed by atoms with Crippen LogP contribution in [0.4, 0.5) is 5.95 Å². The highest BCUT2D eigenvalue weighted by Gasteiger charge is 2.18. The van der Waals surface area contributed by atoms with Crippen LogP contribution in [0, 0.1) is 0 Å². The lowest BCUT2D eigenvalue weighted by Crippen LogP contribution is -2.34. The fraction of sp³-hybridized carbons (Fsp3) is 0.333. The van der Waals surface area contributed by atoms with Crippen LogP contribution in [-0.4, -0.2) is 51.5 Å². The maximum absolute atomic E-state index is 6.63. The molecule has 1 unspecified atom stereocenters. The molecule has 4 rings (SSSR count). The predicted octanol–water partition coefficient (Wildman–Crippen LogP) is 3.77. The SMILES string of the molecule is CCCNC(C)Nc1ncc2cc(-c3cc(OC)cc(OC)c3Cl)c3nncn3c2n1. The van der Waals surface area contributed by atoms with Crippen LogP contribution >= 0.6 is 11.6 Å². The summed E-state index contributed by atoms with van der Waals surface area (Å²) in [7, 11) is 3.16. The van der Waals surface area contributed by atoms with Gasteiger partial charge in [0.1, 0.15) is 17.8 Å². The minimum Gasteiger partial charge on any atom is -0.497 e. The quantitative estimate of drug-likeness (QED) is 0.399. The summed E-state index contributed by atoms with van der Waals surface area (Å²) in [6, 6.07) is 5.53. The van der Waals surface area contributed by atoms with Gasteiger partial charge < -0.3 is 14.8 Å². The molecule has 1 aromatic carbocycles. The fourth-order valence-electron chi connectivity index (χ4n) is 3.38. The molecule has 3 aromatic heterocycles. The number of halogens is 1. The topological polar surface area (TPSA) is 98.5 Å². The van der Waals surface area contributed by atoms with Gasteiger partial charge in [-0.15, -0.1) is 10.2 Å². The van der Waals surface area contributed by atoms with Gasteiger partial charge in [0.05, 0.1) is 25.4 Å². The van der Waals surface area contributed by atoms with Crippen LogP contribution in [0.2, 0.25) is 5.02 Å². The number of aromatic nitrogens is 5. The van der Waals surface area contributed by atoms with Crippen molar-refractivity contribution < 1.29 is 9.47 Å². The molecule has 10 heteroatoms. The van der Waals surface area contributed by atoms with E-state index in [4.69, 9.17) is 21.1 Å². The van der Waals surface area contributed by atoms with E-state index in [2.05, 4.69) is 37.7 Å². The van der Waals surface area contributed by atoms with Crippen LogP contribution in [0.15, 0.2) is 30.7 Å². The first-order valence-corrected chi connectivity index (χ1v) is 10.3. The summed E-state index contributed by atoms with van der Waals surface area (Å²) in [5, 5.41) is 16.3. The minimum absolute atomic E-state index is 0.0381. The molecule has 0 spiro atoms. The molecule has 0 amide bonds. The average Bonchev–Trinajstić information content (AvgIpc) is 3.28. The zero-order valence-electron chi connectivity index (χ0n) is 17.8. The summed E-state index contributed by atoms with van der Waals surface area (Å²) in [4.78, 5) is 9.16. The van der Waals surface area contributed by atoms with Gasteiger partial charge in [-0.2, -0.15) is 4.98 Å². The van der Waals surface area contributed by atoms with E-state index in [1.165, 1.54) is 0 Å². The summed E-state index contributed by atoms with van der Waals surface area (Å²) < 4.78 is 12.7. The number of methoxy groups -OCH3 is 2. The summed E-state index contributed by atoms with van der Waals surface area (Å²) in [5.74, 6) is 1.66. The molecule has 0 aliphatic rings. The Hall–Kier alpha value is -3.17. The van der Waals surface area contributed by atoms with E-state index in [1.807, 2.05) is 23.5 Å². The highest BCUT2D eigenvalue weighted by molar-refractivity contribution is 6.35. The molecular formula is C21H24ClN7O2. The van der Waals surface area contributed by atoms with Crippen molar-refractivity contribution in [1.82, 2.24) is 29.9 Å². The number of anilines is 1. The van der Waals surface area contributed by atoms with Gasteiger partial charge in [0.25, 0.3) is 0 Å². The Balaban J connectivity index is 1.84. The Labute approximate surface area is 184 Å². The molecule has 0 saturated heterocycles. The average molecular weight is 442 g/mol. The minimum atomic E-state index is 0.0381. The van der Waals surface area contributed by atoms with Crippen molar-refractivity contribution in [2.24, 2.45) is 0 Å². The molecule has 1 atom stereocenters. The van der Waals surface area contributed by atoms with Gasteiger partial charge in [0, 0.05) is 28.8 Å². The van der Waals surface area contributed by atoms with Gasteiger partial charge in [-0.05, 0) is 32.0 Å². The van der Waals surface area contributed by atoms with Crippen LogP contribution < -0.4 is 20.1 Å². The van der Waals surface area contributed by atoms with Crippen molar-refractivity contribution in [2.45, 2.75) is 26.4 Å². The smallest absolute Gasteiger partial charge is 0.225 e. The van der Waals surface area contributed by atoms with E-state index in [9.17, 15) is 0 Å². The third-order valence-electron chi connectivity index (χ3n) is 4.92. The Morgan fingerprint density at radius 1 is 1.13 bits per heavy atom. The van der Waals surface area contributed by atoms with E-state index in [0.29, 0.717) is 33.8 Å². The van der Waals surface area contributed by atoms with Gasteiger partial charge in [0.15, 0.2) is 11.3 Å². The number of nitrogens with one attached hydrogen (secondary N) is 2. The van der Waals surface area contributed by atoms with Crippen LogP contribution in [0.25, 0.3) is 27.8 Å². The van der Waals surface area contributed by atoms with E-state index in [1.54, 1.807) is 32.8 Å². The molecule has 9 nitrogen and oxygen atoms in total. The summed E-state index contributed by atoms with van der Waals surface area (Å²) >= 11 is 6.63. The Bertz CT molecular complexity index is 1230. The van der Waals surface area contributed by atoms with Crippen LogP contribution in [-0.2, 0) is 0 Å². The number of hydrogen-bond donors (Lipinski definition) is 2. The maximum Gasteiger partial charge on any atom is 0.225 e. The number of fused-ring (bicyclic) bond motifs is 3. The molecule has 162 valence electrons. The Morgan fingerprint density at radius 2 is 1.97 bits per heavy atom. The number of nitrogens with zero attached hydrogens (tertiary/aromatic N) is 5. The van der Waals surface area contributed by atoms with E-state index in [0.717, 1.165) is 29.5 Å². The molecule has 2 N–H and O–H groups in total. The number of benzene rings is 1. The van der Waals surface area contributed by atoms with Crippen LogP contribution in [0.3, 0.4) is 0 Å². The van der Waals surface area contributed by atoms with Crippen molar-refractivity contribution in [3.8, 4) is 22.6 Å². The third-order valence-corrected chi connectivity index (χ3v) is 5.31. The zero-order chi connectivity index (χ0) is 22.0. The number of rotatable bonds is 8. The van der Waals surface area contributed by atoms with Gasteiger partial charge in [-0.3, -0.25) is 9.72 Å². The second kappa shape index (κ2) is 8.91. The van der Waals surface area contributed by atoms with Crippen molar-refractivity contribution in [2.75, 3.05) is 26.1 Å². The Morgan fingerprint density at radius 3 is 2.71 bits per heavy atom. The van der Waals surface area contributed by atoms with E-state index >= 15 is 0 Å². The second-order valence-electron chi connectivity index (χ2n) is 7.07. The highest BCUT2D eigenvalue weighted by Crippen LogP contribution is 2.41. The lowest BCUT2D eigenvalue weighted by atomic mass is 10.0. The predicted molar refractivity (Wildman–Crippen MR) is 121 cm³/mol. The molecule has 0 fully saturated rings. The molecule has 0 saturated carbocycles. The molecular weight excluding hydrogens is 418 g/mol. The van der Waals surface area contributed by atoms with Crippen molar-refractivity contribution in [1.29, 1.82) is 0 Å². The van der Waals surface area contributed by atoms with Crippen LogP contribution in [0.1, 0.15) is 20.3 Å². The van der Waals surface area contributed by atoms with Gasteiger partial charge in [-0.1, -0.05) is 18.5 Å². The van der Waals surface area contributed by atoms with Gasteiger partial charge in [0.2, 0.25) is 5.95 Å². The summed E-state index contributed by atoms with van der Waals surface area (Å²) in [5.41, 5.74) is 2.80. The number of pyridine rings is 1. The maximum atomic E-state index is 6.63. The molecule has 0 aliphatic heterocycles. The first-order chi connectivity index (χ1) is 15.0. The Kier molecular flexibility index (Phi) is 6.06. The summed E-state index contributed by atoms with van der Waals surface area (Å²) in [6.45, 7) is 5.06. The monoisotopic (exact) mass is 441 g/mol. The first kappa shape index (κ1) is 21.1. The fourth-order valence-corrected chi connectivity index (χ4v) is 3.67. The first-order valence-electron chi connectivity index (χ1n) is 9.97. The lowest BCUT2D eigenvalue weighted by Gasteiger charge is -2.16. The summed E-state index contributed by atoms with van der Waals surface area (Å²) in [6.07, 6.45) is 4.48. The van der Waals surface area contributed by atoms with Gasteiger partial charge >= 0.3 is 0 Å². The molecule has 4 aromatic rings. The molecule has 3 heterocycles. The van der Waals surface area contributed by atoms with Crippen molar-refractivity contribution in [3.05, 3.63) is 35.7 Å². The highest BCUT2D eigenvalue weighted by atomic mass is 35.5. The van der Waals surface area contributed by atoms with Gasteiger partial charge in [-0.25, -0.2) is 4.98 Å². The zero-order valence-corrected chi connectivity index (χ0v) is 18.6. The second-order valence-corrected chi connectivity index (χ2v) is 7.44. The third kappa shape index (κ3) is 4.06. The lowest BCUT2D eigenvalue weighted by molar-refractivity contribution is 0.395. The normalized spacial score (nSPS) is 12.3. The number of ether oxygens (including phenoxy) is 2. The van der Waals surface area contributed by atoms with Crippen molar-refractivity contribution >= 4 is 34.2 Å². The molecule has 0 aliphatic carbocycles. The van der Waals surface area contributed by atoms with E-state index < -0.39 is 0 Å². The number of hydrogen-bond acceptors (Lipinski definition) is 8. The molecule has 0 radical (unpaired) electrons.